The van der Waals surface area contributed by atoms with Gasteiger partial charge < -0.3 is 10.5 Å². The molecule has 0 bridgehead atoms. The van der Waals surface area contributed by atoms with E-state index in [9.17, 15) is 9.59 Å². The van der Waals surface area contributed by atoms with Crippen LogP contribution in [0.4, 0.5) is 5.69 Å². The maximum absolute atomic E-state index is 10.9. The van der Waals surface area contributed by atoms with Gasteiger partial charge >= 0.3 is 12.4 Å². The summed E-state index contributed by atoms with van der Waals surface area (Å²) in [5, 5.41) is 0. The van der Waals surface area contributed by atoms with Crippen molar-refractivity contribution in [3.05, 3.63) is 29.8 Å². The fraction of sp³-hybridized carbons (Fsp3) is 0. The monoisotopic (exact) mass is 165 g/mol. The average Bonchev–Trinajstić information content (AvgIpc) is 2.06. The molecule has 0 unspecified atom stereocenters. The molecule has 0 heterocycles. The lowest BCUT2D eigenvalue weighted by Gasteiger charge is -1.96. The molecular weight excluding hydrogens is 158 g/mol. The van der Waals surface area contributed by atoms with Gasteiger partial charge in [-0.15, -0.1) is 0 Å². The second kappa shape index (κ2) is 3.52. The van der Waals surface area contributed by atoms with Crippen LogP contribution in [-0.2, 0) is 9.53 Å². The molecule has 12 heavy (non-hydrogen) atoms. The summed E-state index contributed by atoms with van der Waals surface area (Å²) in [4.78, 5) is 20.6. The Bertz CT molecular complexity index is 292. The molecule has 0 saturated heterocycles. The fourth-order valence-electron chi connectivity index (χ4n) is 0.731. The van der Waals surface area contributed by atoms with Crippen LogP contribution < -0.4 is 5.73 Å². The third-order valence-electron chi connectivity index (χ3n) is 1.30. The van der Waals surface area contributed by atoms with Crippen LogP contribution in [0.15, 0.2) is 24.3 Å². The van der Waals surface area contributed by atoms with Gasteiger partial charge in [0.2, 0.25) is 0 Å². The summed E-state index contributed by atoms with van der Waals surface area (Å²) in [6.07, 6.45) is 0. The molecule has 0 atom stereocenters. The number of nitrogen functional groups attached to an aromatic ring is 1. The second-order valence-corrected chi connectivity index (χ2v) is 2.12. The molecule has 1 aromatic rings. The third-order valence-corrected chi connectivity index (χ3v) is 1.30. The van der Waals surface area contributed by atoms with Gasteiger partial charge in [0.15, 0.2) is 0 Å². The van der Waals surface area contributed by atoms with Crippen LogP contribution in [0.25, 0.3) is 0 Å². The fourth-order valence-corrected chi connectivity index (χ4v) is 0.731. The molecule has 0 saturated carbocycles. The number of rotatable bonds is 2. The third kappa shape index (κ3) is 1.82. The smallest absolute Gasteiger partial charge is 0.345 e. The van der Waals surface area contributed by atoms with Gasteiger partial charge in [-0.3, -0.25) is 4.79 Å². The summed E-state index contributed by atoms with van der Waals surface area (Å²) in [6, 6.07) is 6.09. The summed E-state index contributed by atoms with van der Waals surface area (Å²) >= 11 is 0. The molecular formula is C8H7NO3. The minimum atomic E-state index is -0.676. The predicted octanol–water partition coefficient (Wildman–Crippen LogP) is 0.582. The molecule has 0 aromatic heterocycles. The van der Waals surface area contributed by atoms with Gasteiger partial charge in [-0.1, -0.05) is 0 Å². The van der Waals surface area contributed by atoms with Crippen molar-refractivity contribution in [2.45, 2.75) is 0 Å². The van der Waals surface area contributed by atoms with E-state index in [0.717, 1.165) is 0 Å². The molecule has 0 fully saturated rings. The normalized spacial score (nSPS) is 9.00. The Balaban J connectivity index is 2.82. The van der Waals surface area contributed by atoms with Gasteiger partial charge in [0.25, 0.3) is 0 Å². The summed E-state index contributed by atoms with van der Waals surface area (Å²) < 4.78 is 4.11. The molecule has 0 aliphatic rings. The minimum Gasteiger partial charge on any atom is -0.399 e. The van der Waals surface area contributed by atoms with Crippen LogP contribution in [0.1, 0.15) is 10.4 Å². The lowest BCUT2D eigenvalue weighted by molar-refractivity contribution is -0.123. The first kappa shape index (κ1) is 8.26. The number of esters is 1. The van der Waals surface area contributed by atoms with Crippen LogP contribution in [0.2, 0.25) is 0 Å². The van der Waals surface area contributed by atoms with Crippen molar-refractivity contribution < 1.29 is 14.3 Å². The number of ether oxygens (including phenoxy) is 1. The van der Waals surface area contributed by atoms with Crippen molar-refractivity contribution in [2.75, 3.05) is 5.73 Å². The first-order chi connectivity index (χ1) is 5.74. The molecule has 0 aliphatic carbocycles. The van der Waals surface area contributed by atoms with Crippen molar-refractivity contribution in [2.24, 2.45) is 0 Å². The topological polar surface area (TPSA) is 69.4 Å². The lowest BCUT2D eigenvalue weighted by Crippen LogP contribution is -2.02. The van der Waals surface area contributed by atoms with E-state index in [1.807, 2.05) is 0 Å². The summed E-state index contributed by atoms with van der Waals surface area (Å²) in [5.41, 5.74) is 6.23. The Morgan fingerprint density at radius 1 is 1.33 bits per heavy atom. The van der Waals surface area contributed by atoms with Gasteiger partial charge in [0, 0.05) is 5.69 Å². The molecule has 4 heteroatoms. The van der Waals surface area contributed by atoms with Crippen molar-refractivity contribution in [3.63, 3.8) is 0 Å². The average molecular weight is 165 g/mol. The number of benzene rings is 1. The van der Waals surface area contributed by atoms with Crippen LogP contribution in [0, 0.1) is 0 Å². The van der Waals surface area contributed by atoms with E-state index >= 15 is 0 Å². The van der Waals surface area contributed by atoms with Gasteiger partial charge in [0.1, 0.15) is 0 Å². The van der Waals surface area contributed by atoms with Crippen molar-refractivity contribution in [3.8, 4) is 0 Å². The number of hydrogen-bond acceptors (Lipinski definition) is 4. The van der Waals surface area contributed by atoms with Gasteiger partial charge in [0.05, 0.1) is 5.56 Å². The summed E-state index contributed by atoms with van der Waals surface area (Å²) in [6.45, 7) is 0.0959. The van der Waals surface area contributed by atoms with Gasteiger partial charge in [-0.05, 0) is 24.3 Å². The van der Waals surface area contributed by atoms with E-state index in [1.54, 1.807) is 12.1 Å². The lowest BCUT2D eigenvalue weighted by atomic mass is 10.2. The zero-order valence-electron chi connectivity index (χ0n) is 6.19. The van der Waals surface area contributed by atoms with Crippen LogP contribution in [-0.4, -0.2) is 12.4 Å². The Kier molecular flexibility index (Phi) is 2.42. The van der Waals surface area contributed by atoms with Crippen LogP contribution >= 0.6 is 0 Å². The number of hydrogen-bond donors (Lipinski definition) is 1. The Labute approximate surface area is 68.9 Å². The highest BCUT2D eigenvalue weighted by molar-refractivity contribution is 5.93. The first-order valence-electron chi connectivity index (χ1n) is 3.24. The molecule has 1 aromatic carbocycles. The maximum Gasteiger partial charge on any atom is 0.345 e. The number of anilines is 1. The zero-order chi connectivity index (χ0) is 8.97. The molecule has 62 valence electrons. The van der Waals surface area contributed by atoms with E-state index in [2.05, 4.69) is 4.74 Å². The summed E-state index contributed by atoms with van der Waals surface area (Å²) in [5.74, 6) is -0.676. The largest absolute Gasteiger partial charge is 0.399 e. The zero-order valence-corrected chi connectivity index (χ0v) is 6.19. The highest BCUT2D eigenvalue weighted by atomic mass is 16.6. The molecule has 0 amide bonds. The van der Waals surface area contributed by atoms with Crippen LogP contribution in [0.5, 0.6) is 0 Å². The quantitative estimate of drug-likeness (QED) is 0.301. The highest BCUT2D eigenvalue weighted by Crippen LogP contribution is 2.05. The highest BCUT2D eigenvalue weighted by Gasteiger charge is 2.04. The SMILES string of the molecule is Nc1ccc(C(=O)OC=O)cc1. The van der Waals surface area contributed by atoms with E-state index in [4.69, 9.17) is 5.73 Å². The maximum atomic E-state index is 10.9. The molecule has 1 rings (SSSR count). The Hall–Kier alpha value is -1.84. The molecule has 0 spiro atoms. The van der Waals surface area contributed by atoms with E-state index < -0.39 is 5.97 Å². The Morgan fingerprint density at radius 3 is 2.42 bits per heavy atom. The van der Waals surface area contributed by atoms with E-state index in [0.29, 0.717) is 11.3 Å². The Morgan fingerprint density at radius 2 is 1.92 bits per heavy atom. The van der Waals surface area contributed by atoms with E-state index in [-0.39, 0.29) is 6.47 Å². The second-order valence-electron chi connectivity index (χ2n) is 2.12. The first-order valence-corrected chi connectivity index (χ1v) is 3.24. The predicted molar refractivity (Wildman–Crippen MR) is 42.3 cm³/mol. The van der Waals surface area contributed by atoms with Gasteiger partial charge in [-0.25, -0.2) is 4.79 Å². The van der Waals surface area contributed by atoms with Crippen LogP contribution in [0.3, 0.4) is 0 Å². The number of carbonyl (C=O) groups excluding carboxylic acids is 2. The standard InChI is InChI=1S/C8H7NO3/c9-7-3-1-6(2-4-7)8(11)12-5-10/h1-5H,9H2. The van der Waals surface area contributed by atoms with Crippen molar-refractivity contribution in [1.29, 1.82) is 0 Å². The van der Waals surface area contributed by atoms with Crippen molar-refractivity contribution in [1.82, 2.24) is 0 Å². The van der Waals surface area contributed by atoms with Gasteiger partial charge in [-0.2, -0.15) is 0 Å². The molecule has 4 nitrogen and oxygen atoms in total. The molecule has 2 N–H and O–H groups in total. The molecule has 0 aliphatic heterocycles. The number of carbonyl (C=O) groups is 2. The number of nitrogens with two attached hydrogens (primary N) is 1. The minimum absolute atomic E-state index is 0.0959. The summed E-state index contributed by atoms with van der Waals surface area (Å²) in [7, 11) is 0. The van der Waals surface area contributed by atoms with E-state index in [1.165, 1.54) is 12.1 Å². The molecule has 0 radical (unpaired) electrons. The van der Waals surface area contributed by atoms with Crippen molar-refractivity contribution >= 4 is 18.1 Å².